The van der Waals surface area contributed by atoms with Gasteiger partial charge in [-0.3, -0.25) is 6.08 Å². The zero-order valence-electron chi connectivity index (χ0n) is 14.4. The Morgan fingerprint density at radius 2 is 1.32 bits per heavy atom. The molecule has 1 radical (unpaired) electrons. The summed E-state index contributed by atoms with van der Waals surface area (Å²) in [4.78, 5) is 24.0. The fourth-order valence-electron chi connectivity index (χ4n) is 2.12. The third-order valence-electron chi connectivity index (χ3n) is 3.44. The Bertz CT molecular complexity index is 294. The molecule has 0 spiro atoms. The van der Waals surface area contributed by atoms with Crippen molar-refractivity contribution in [2.45, 2.75) is 72.1 Å². The summed E-state index contributed by atoms with van der Waals surface area (Å²) in [5, 5.41) is 0. The van der Waals surface area contributed by atoms with Gasteiger partial charge in [0, 0.05) is 17.1 Å². The van der Waals surface area contributed by atoms with E-state index in [0.29, 0.717) is 0 Å². The largest absolute Gasteiger partial charge is 0.307 e. The van der Waals surface area contributed by atoms with Gasteiger partial charge in [-0.05, 0) is 0 Å². The molecule has 0 aromatic heterocycles. The van der Waals surface area contributed by atoms with E-state index in [1.807, 2.05) is 20.4 Å². The van der Waals surface area contributed by atoms with Crippen molar-refractivity contribution in [1.82, 2.24) is 0 Å². The molecule has 0 N–H and O–H groups in total. The summed E-state index contributed by atoms with van der Waals surface area (Å²) in [6, 6.07) is 0. The van der Waals surface area contributed by atoms with Gasteiger partial charge in [-0.1, -0.05) is 58.8 Å². The van der Waals surface area contributed by atoms with Gasteiger partial charge in [-0.2, -0.15) is 11.1 Å². The molecule has 22 heavy (non-hydrogen) atoms. The molecule has 1 aliphatic rings. The first-order valence-electron chi connectivity index (χ1n) is 7.38. The van der Waals surface area contributed by atoms with Gasteiger partial charge in [0.2, 0.25) is 0 Å². The van der Waals surface area contributed by atoms with E-state index in [1.165, 1.54) is 61.7 Å². The van der Waals surface area contributed by atoms with Crippen molar-refractivity contribution in [2.75, 3.05) is 0 Å². The maximum atomic E-state index is 8.00. The molecule has 0 aromatic carbocycles. The summed E-state index contributed by atoms with van der Waals surface area (Å²) in [5.74, 6) is 0. The standard InChI is InChI=1S/C15H25.3CH2O.Mn/c1-4-5-6-7-8-9-10-15-12-11-13(2)14(15)3;3*1-2;/h4-11H2,1-3H3;3*1H2;/q-1;;;;. The van der Waals surface area contributed by atoms with E-state index in [-0.39, 0.29) is 17.1 Å². The van der Waals surface area contributed by atoms with Crippen LogP contribution in [0.25, 0.3) is 0 Å². The molecule has 0 aliphatic heterocycles. The van der Waals surface area contributed by atoms with Crippen molar-refractivity contribution < 1.29 is 31.5 Å². The van der Waals surface area contributed by atoms with Crippen LogP contribution in [0.2, 0.25) is 0 Å². The minimum Gasteiger partial charge on any atom is -0.307 e. The van der Waals surface area contributed by atoms with Crippen LogP contribution in [0.1, 0.15) is 72.1 Å². The second-order valence-corrected chi connectivity index (χ2v) is 4.76. The maximum Gasteiger partial charge on any atom is 0.106 e. The molecule has 1 aliphatic carbocycles. The van der Waals surface area contributed by atoms with Gasteiger partial charge < -0.3 is 14.4 Å². The molecule has 0 atom stereocenters. The van der Waals surface area contributed by atoms with Crippen LogP contribution in [0, 0.1) is 6.08 Å². The Kier molecular flexibility index (Phi) is 33.0. The van der Waals surface area contributed by atoms with E-state index < -0.39 is 0 Å². The van der Waals surface area contributed by atoms with Crippen LogP contribution in [0.15, 0.2) is 16.7 Å². The van der Waals surface area contributed by atoms with Crippen LogP contribution in [0.4, 0.5) is 0 Å². The average molecular weight is 350 g/mol. The fourth-order valence-corrected chi connectivity index (χ4v) is 2.12. The molecular formula is C18H31MnO3-. The Balaban J connectivity index is -0.000000206. The first kappa shape index (κ1) is 29.1. The van der Waals surface area contributed by atoms with E-state index in [2.05, 4.69) is 26.8 Å². The predicted molar refractivity (Wildman–Crippen MR) is 89.1 cm³/mol. The second kappa shape index (κ2) is 25.0. The van der Waals surface area contributed by atoms with Crippen LogP contribution in [-0.2, 0) is 31.5 Å². The fraction of sp³-hybridized carbons (Fsp3) is 0.611. The molecule has 0 fully saturated rings. The SMILES string of the molecule is C=O.C=O.C=O.CCCCCCCCC1=[C-]CC(C)=C1C.[Mn]. The van der Waals surface area contributed by atoms with Crippen molar-refractivity contribution in [2.24, 2.45) is 0 Å². The van der Waals surface area contributed by atoms with Crippen molar-refractivity contribution in [1.29, 1.82) is 0 Å². The number of unbranched alkanes of at least 4 members (excludes halogenated alkanes) is 5. The molecule has 0 saturated heterocycles. The van der Waals surface area contributed by atoms with Crippen molar-refractivity contribution >= 4 is 20.4 Å². The maximum absolute atomic E-state index is 8.00. The molecule has 0 heterocycles. The van der Waals surface area contributed by atoms with Gasteiger partial charge in [0.05, 0.1) is 0 Å². The number of allylic oxidation sites excluding steroid dienone is 4. The van der Waals surface area contributed by atoms with Crippen LogP contribution >= 0.6 is 0 Å². The minimum absolute atomic E-state index is 0. The summed E-state index contributed by atoms with van der Waals surface area (Å²) in [6.45, 7) is 12.8. The third-order valence-corrected chi connectivity index (χ3v) is 3.44. The van der Waals surface area contributed by atoms with E-state index in [9.17, 15) is 0 Å². The molecule has 0 unspecified atom stereocenters. The summed E-state index contributed by atoms with van der Waals surface area (Å²) >= 11 is 0. The van der Waals surface area contributed by atoms with Gasteiger partial charge in [0.25, 0.3) is 0 Å². The molecule has 129 valence electrons. The zero-order valence-corrected chi connectivity index (χ0v) is 15.6. The smallest absolute Gasteiger partial charge is 0.106 e. The van der Waals surface area contributed by atoms with Crippen LogP contribution < -0.4 is 0 Å². The Hall–Kier alpha value is -0.991. The summed E-state index contributed by atoms with van der Waals surface area (Å²) < 4.78 is 0. The first-order valence-corrected chi connectivity index (χ1v) is 7.38. The number of hydrogen-bond acceptors (Lipinski definition) is 3. The molecule has 1 rings (SSSR count). The van der Waals surface area contributed by atoms with Gasteiger partial charge in [-0.15, -0.1) is 13.3 Å². The van der Waals surface area contributed by atoms with Crippen LogP contribution in [-0.4, -0.2) is 20.4 Å². The zero-order chi connectivity index (χ0) is 17.1. The van der Waals surface area contributed by atoms with Gasteiger partial charge in [-0.25, -0.2) is 5.57 Å². The Morgan fingerprint density at radius 3 is 1.73 bits per heavy atom. The number of rotatable bonds is 7. The molecule has 0 amide bonds. The normalized spacial score (nSPS) is 11.5. The first-order chi connectivity index (χ1) is 10.3. The van der Waals surface area contributed by atoms with E-state index in [4.69, 9.17) is 14.4 Å². The summed E-state index contributed by atoms with van der Waals surface area (Å²) in [6.07, 6.45) is 14.2. The van der Waals surface area contributed by atoms with Crippen molar-refractivity contribution in [3.63, 3.8) is 0 Å². The van der Waals surface area contributed by atoms with Crippen molar-refractivity contribution in [3.8, 4) is 0 Å². The Labute approximate surface area is 147 Å². The second-order valence-electron chi connectivity index (χ2n) is 4.76. The number of carbonyl (C=O) groups is 3. The van der Waals surface area contributed by atoms with Gasteiger partial charge in [0.1, 0.15) is 20.4 Å². The monoisotopic (exact) mass is 350 g/mol. The van der Waals surface area contributed by atoms with Gasteiger partial charge in [0.15, 0.2) is 0 Å². The predicted octanol–water partition coefficient (Wildman–Crippen LogP) is 4.65. The minimum atomic E-state index is 0. The quantitative estimate of drug-likeness (QED) is 0.381. The van der Waals surface area contributed by atoms with Gasteiger partial charge >= 0.3 is 0 Å². The van der Waals surface area contributed by atoms with Crippen LogP contribution in [0.5, 0.6) is 0 Å². The number of carbonyl (C=O) groups excluding carboxylic acids is 3. The molecule has 3 nitrogen and oxygen atoms in total. The molecule has 0 aromatic rings. The van der Waals surface area contributed by atoms with E-state index in [1.54, 1.807) is 0 Å². The average Bonchev–Trinajstić information content (AvgIpc) is 2.88. The number of hydrogen-bond donors (Lipinski definition) is 0. The molecular weight excluding hydrogens is 319 g/mol. The summed E-state index contributed by atoms with van der Waals surface area (Å²) in [5.41, 5.74) is 4.54. The Morgan fingerprint density at radius 1 is 0.864 bits per heavy atom. The molecule has 0 bridgehead atoms. The van der Waals surface area contributed by atoms with Crippen LogP contribution in [0.3, 0.4) is 0 Å². The van der Waals surface area contributed by atoms with Crippen molar-refractivity contribution in [3.05, 3.63) is 22.8 Å². The topological polar surface area (TPSA) is 51.2 Å². The van der Waals surface area contributed by atoms with E-state index >= 15 is 0 Å². The molecule has 0 saturated carbocycles. The molecule has 4 heteroatoms. The summed E-state index contributed by atoms with van der Waals surface area (Å²) in [7, 11) is 0. The third kappa shape index (κ3) is 15.4. The van der Waals surface area contributed by atoms with E-state index in [0.717, 1.165) is 6.42 Å².